The summed E-state index contributed by atoms with van der Waals surface area (Å²) in [6.07, 6.45) is 7.15. The molecule has 4 aliphatic rings. The zero-order valence-electron chi connectivity index (χ0n) is 12.1. The molecule has 0 amide bonds. The van der Waals surface area contributed by atoms with E-state index in [4.69, 9.17) is 10.6 Å². The summed E-state index contributed by atoms with van der Waals surface area (Å²) >= 11 is 0. The van der Waals surface area contributed by atoms with Crippen LogP contribution in [0.1, 0.15) is 46.0 Å². The van der Waals surface area contributed by atoms with Crippen molar-refractivity contribution in [2.45, 2.75) is 46.0 Å². The molecule has 0 aromatic rings. The van der Waals surface area contributed by atoms with E-state index in [0.29, 0.717) is 11.3 Å². The SMILES string of the molecule is CC12CC3CC(CO[N+](=O)[O-])(C1)CC(C)(C2)/C3=C/N.Cl. The van der Waals surface area contributed by atoms with Crippen molar-refractivity contribution in [2.75, 3.05) is 6.61 Å². The maximum absolute atomic E-state index is 10.5. The van der Waals surface area contributed by atoms with Gasteiger partial charge in [0.1, 0.15) is 6.61 Å². The molecule has 0 aromatic carbocycles. The van der Waals surface area contributed by atoms with Crippen LogP contribution in [0.25, 0.3) is 0 Å². The fourth-order valence-electron chi connectivity index (χ4n) is 5.95. The molecule has 0 saturated heterocycles. The van der Waals surface area contributed by atoms with Gasteiger partial charge >= 0.3 is 0 Å². The van der Waals surface area contributed by atoms with Crippen LogP contribution in [0.2, 0.25) is 0 Å². The van der Waals surface area contributed by atoms with Crippen LogP contribution >= 0.6 is 12.4 Å². The van der Waals surface area contributed by atoms with Gasteiger partial charge in [0.05, 0.1) is 0 Å². The second-order valence-corrected chi connectivity index (χ2v) is 7.63. The van der Waals surface area contributed by atoms with Crippen molar-refractivity contribution < 1.29 is 9.92 Å². The van der Waals surface area contributed by atoms with E-state index in [1.165, 1.54) is 12.0 Å². The molecule has 5 nitrogen and oxygen atoms in total. The first-order valence-corrected chi connectivity index (χ1v) is 7.00. The summed E-state index contributed by atoms with van der Waals surface area (Å²) in [5, 5.41) is 9.87. The van der Waals surface area contributed by atoms with Gasteiger partial charge in [-0.15, -0.1) is 22.5 Å². The van der Waals surface area contributed by atoms with Crippen molar-refractivity contribution in [1.29, 1.82) is 0 Å². The van der Waals surface area contributed by atoms with Crippen molar-refractivity contribution in [3.8, 4) is 0 Å². The molecule has 114 valence electrons. The van der Waals surface area contributed by atoms with Crippen LogP contribution < -0.4 is 5.73 Å². The van der Waals surface area contributed by atoms with Gasteiger partial charge in [-0.05, 0) is 66.0 Å². The molecule has 4 atom stereocenters. The first-order valence-electron chi connectivity index (χ1n) is 7.00. The lowest BCUT2D eigenvalue weighted by Gasteiger charge is -2.66. The van der Waals surface area contributed by atoms with Gasteiger partial charge in [0.15, 0.2) is 0 Å². The third-order valence-electron chi connectivity index (χ3n) is 5.59. The molecule has 0 radical (unpaired) electrons. The summed E-state index contributed by atoms with van der Waals surface area (Å²) in [5.74, 6) is 0.492. The van der Waals surface area contributed by atoms with Gasteiger partial charge in [0, 0.05) is 0 Å². The summed E-state index contributed by atoms with van der Waals surface area (Å²) in [7, 11) is 0. The highest BCUT2D eigenvalue weighted by Gasteiger charge is 2.62. The maximum Gasteiger partial charge on any atom is 0.294 e. The van der Waals surface area contributed by atoms with Crippen molar-refractivity contribution in [3.05, 3.63) is 21.9 Å². The molecule has 0 aliphatic heterocycles. The molecular formula is C14H23ClN2O3. The Balaban J connectivity index is 0.00000147. The van der Waals surface area contributed by atoms with E-state index in [1.54, 1.807) is 6.20 Å². The molecule has 4 rings (SSSR count). The topological polar surface area (TPSA) is 78.4 Å². The quantitative estimate of drug-likeness (QED) is 0.642. The lowest BCUT2D eigenvalue weighted by atomic mass is 9.39. The van der Waals surface area contributed by atoms with Crippen molar-refractivity contribution in [3.63, 3.8) is 0 Å². The van der Waals surface area contributed by atoms with Gasteiger partial charge in [0.25, 0.3) is 5.09 Å². The third-order valence-corrected chi connectivity index (χ3v) is 5.59. The number of nitrogens with two attached hydrogens (primary N) is 1. The zero-order chi connectivity index (χ0) is 13.9. The van der Waals surface area contributed by atoms with E-state index in [2.05, 4.69) is 13.8 Å². The van der Waals surface area contributed by atoms with E-state index in [-0.39, 0.29) is 29.8 Å². The average Bonchev–Trinajstić information content (AvgIpc) is 2.23. The number of nitrogens with zero attached hydrogens (tertiary/aromatic N) is 1. The first kappa shape index (κ1) is 15.4. The minimum atomic E-state index is -0.650. The summed E-state index contributed by atoms with van der Waals surface area (Å²) in [6.45, 7) is 4.85. The Bertz CT molecular complexity index is 469. The predicted octanol–water partition coefficient (Wildman–Crippen LogP) is 3.07. The van der Waals surface area contributed by atoms with E-state index >= 15 is 0 Å². The Morgan fingerprint density at radius 1 is 1.40 bits per heavy atom. The summed E-state index contributed by atoms with van der Waals surface area (Å²) in [4.78, 5) is 15.3. The van der Waals surface area contributed by atoms with Crippen molar-refractivity contribution in [1.82, 2.24) is 0 Å². The van der Waals surface area contributed by atoms with Gasteiger partial charge in [-0.25, -0.2) is 0 Å². The van der Waals surface area contributed by atoms with E-state index in [1.807, 2.05) is 0 Å². The van der Waals surface area contributed by atoms with Crippen LogP contribution in [-0.4, -0.2) is 11.7 Å². The fraction of sp³-hybridized carbons (Fsp3) is 0.857. The maximum atomic E-state index is 10.5. The summed E-state index contributed by atoms with van der Waals surface area (Å²) < 4.78 is 0. The number of hydrogen-bond acceptors (Lipinski definition) is 4. The van der Waals surface area contributed by atoms with Crippen LogP contribution in [0, 0.1) is 32.3 Å². The van der Waals surface area contributed by atoms with Crippen molar-refractivity contribution in [2.24, 2.45) is 27.9 Å². The van der Waals surface area contributed by atoms with E-state index in [0.717, 1.165) is 25.7 Å². The van der Waals surface area contributed by atoms with Crippen LogP contribution in [0.4, 0.5) is 0 Å². The second kappa shape index (κ2) is 4.52. The normalized spacial score (nSPS) is 47.1. The van der Waals surface area contributed by atoms with Gasteiger partial charge in [-0.1, -0.05) is 13.8 Å². The molecule has 4 aliphatic carbocycles. The van der Waals surface area contributed by atoms with Gasteiger partial charge < -0.3 is 10.6 Å². The highest BCUT2D eigenvalue weighted by atomic mass is 35.5. The van der Waals surface area contributed by atoms with Crippen LogP contribution in [0.15, 0.2) is 11.8 Å². The minimum Gasteiger partial charge on any atom is -0.405 e. The van der Waals surface area contributed by atoms with E-state index < -0.39 is 5.09 Å². The highest BCUT2D eigenvalue weighted by Crippen LogP contribution is 2.71. The first-order chi connectivity index (χ1) is 8.80. The molecule has 4 bridgehead atoms. The standard InChI is InChI=1S/C14H22N2O3.ClH/c1-12-3-10-4-14(7-12,9-19-16(17)18)8-13(2,6-12)11(10)5-15;/h5,10H,3-4,6-9,15H2,1-2H3;1H/b11-5+;. The molecule has 2 N–H and O–H groups in total. The molecular weight excluding hydrogens is 280 g/mol. The highest BCUT2D eigenvalue weighted by molar-refractivity contribution is 5.85. The molecule has 4 saturated carbocycles. The van der Waals surface area contributed by atoms with Crippen molar-refractivity contribution >= 4 is 12.4 Å². The molecule has 0 spiro atoms. The zero-order valence-corrected chi connectivity index (χ0v) is 12.9. The van der Waals surface area contributed by atoms with Gasteiger partial charge in [0.2, 0.25) is 0 Å². The lowest BCUT2D eigenvalue weighted by molar-refractivity contribution is -0.761. The minimum absolute atomic E-state index is 0. The number of hydrogen-bond donors (Lipinski definition) is 1. The number of halogens is 1. The lowest BCUT2D eigenvalue weighted by Crippen LogP contribution is -2.57. The third kappa shape index (κ3) is 2.16. The Morgan fingerprint density at radius 2 is 2.10 bits per heavy atom. The second-order valence-electron chi connectivity index (χ2n) is 7.63. The molecule has 20 heavy (non-hydrogen) atoms. The average molecular weight is 303 g/mol. The molecule has 4 fully saturated rings. The molecule has 6 heteroatoms. The fourth-order valence-corrected chi connectivity index (χ4v) is 5.95. The van der Waals surface area contributed by atoms with Crippen LogP contribution in [0.3, 0.4) is 0 Å². The molecule has 4 unspecified atom stereocenters. The largest absolute Gasteiger partial charge is 0.405 e. The summed E-state index contributed by atoms with van der Waals surface area (Å²) in [6, 6.07) is 0. The predicted molar refractivity (Wildman–Crippen MR) is 77.7 cm³/mol. The Labute approximate surface area is 125 Å². The Morgan fingerprint density at radius 3 is 2.65 bits per heavy atom. The monoisotopic (exact) mass is 302 g/mol. The number of rotatable bonds is 3. The smallest absolute Gasteiger partial charge is 0.294 e. The number of allylic oxidation sites excluding steroid dienone is 1. The van der Waals surface area contributed by atoms with Crippen LogP contribution in [-0.2, 0) is 4.84 Å². The van der Waals surface area contributed by atoms with Gasteiger partial charge in [-0.2, -0.15) is 0 Å². The summed E-state index contributed by atoms with van der Waals surface area (Å²) in [5.41, 5.74) is 7.61. The van der Waals surface area contributed by atoms with Crippen LogP contribution in [0.5, 0.6) is 0 Å². The molecule has 0 heterocycles. The van der Waals surface area contributed by atoms with Gasteiger partial charge in [-0.3, -0.25) is 0 Å². The Hall–Kier alpha value is -0.970. The van der Waals surface area contributed by atoms with E-state index in [9.17, 15) is 10.1 Å². The Kier molecular flexibility index (Phi) is 3.48. The molecule has 0 aromatic heterocycles.